The second-order valence-electron chi connectivity index (χ2n) is 6.88. The number of imidazole rings is 1. The zero-order valence-corrected chi connectivity index (χ0v) is 15.8. The van der Waals surface area contributed by atoms with E-state index in [2.05, 4.69) is 20.3 Å². The minimum absolute atomic E-state index is 0.298. The number of carbonyl (C=O) groups excluding carboxylic acids is 1. The first kappa shape index (κ1) is 18.0. The third-order valence-electron chi connectivity index (χ3n) is 4.91. The lowest BCUT2D eigenvalue weighted by atomic mass is 10.2. The maximum absolute atomic E-state index is 13.5. The Hall–Kier alpha value is -4.01. The lowest BCUT2D eigenvalue weighted by molar-refractivity contribution is 0.100. The van der Waals surface area contributed by atoms with Crippen LogP contribution in [0.25, 0.3) is 17.2 Å². The third kappa shape index (κ3) is 3.10. The van der Waals surface area contributed by atoms with Crippen LogP contribution in [-0.2, 0) is 13.0 Å². The quantitative estimate of drug-likeness (QED) is 0.529. The Labute approximate surface area is 170 Å². The summed E-state index contributed by atoms with van der Waals surface area (Å²) in [4.78, 5) is 25.3. The van der Waals surface area contributed by atoms with E-state index in [4.69, 9.17) is 10.5 Å². The number of benzene rings is 1. The molecule has 3 N–H and O–H groups in total. The fourth-order valence-corrected chi connectivity index (χ4v) is 3.52. The largest absolute Gasteiger partial charge is 0.487 e. The van der Waals surface area contributed by atoms with Crippen molar-refractivity contribution in [3.8, 4) is 17.4 Å². The summed E-state index contributed by atoms with van der Waals surface area (Å²) in [6, 6.07) is 9.71. The first-order valence-corrected chi connectivity index (χ1v) is 9.38. The van der Waals surface area contributed by atoms with Crippen molar-refractivity contribution < 1.29 is 13.9 Å². The molecule has 1 aliphatic heterocycles. The molecule has 0 aliphatic carbocycles. The number of fused-ring (bicyclic) bond motifs is 2. The van der Waals surface area contributed by atoms with Gasteiger partial charge in [-0.25, -0.2) is 19.3 Å². The minimum atomic E-state index is -0.534. The van der Waals surface area contributed by atoms with Gasteiger partial charge in [0.05, 0.1) is 29.6 Å². The molecule has 3 aromatic heterocycles. The van der Waals surface area contributed by atoms with Crippen molar-refractivity contribution in [1.29, 1.82) is 0 Å². The van der Waals surface area contributed by atoms with Crippen LogP contribution in [0.3, 0.4) is 0 Å². The van der Waals surface area contributed by atoms with Crippen LogP contribution in [0.15, 0.2) is 48.8 Å². The molecule has 30 heavy (non-hydrogen) atoms. The van der Waals surface area contributed by atoms with Crippen molar-refractivity contribution in [3.63, 3.8) is 0 Å². The van der Waals surface area contributed by atoms with Gasteiger partial charge in [-0.1, -0.05) is 12.1 Å². The summed E-state index contributed by atoms with van der Waals surface area (Å²) in [6.07, 6.45) is 3.99. The number of hydrogen-bond donors (Lipinski definition) is 2. The number of ether oxygens (including phenoxy) is 1. The van der Waals surface area contributed by atoms with Crippen LogP contribution in [-0.4, -0.2) is 31.9 Å². The number of primary amides is 1. The summed E-state index contributed by atoms with van der Waals surface area (Å²) in [6.45, 7) is 0.883. The summed E-state index contributed by atoms with van der Waals surface area (Å²) in [5, 5.41) is 3.21. The summed E-state index contributed by atoms with van der Waals surface area (Å²) in [7, 11) is 0. The van der Waals surface area contributed by atoms with Crippen molar-refractivity contribution in [2.45, 2.75) is 13.0 Å². The number of rotatable bonds is 5. The fraction of sp³-hybridized carbons (Fsp3) is 0.143. The van der Waals surface area contributed by atoms with Gasteiger partial charge in [-0.15, -0.1) is 0 Å². The van der Waals surface area contributed by atoms with Gasteiger partial charge in [0.25, 0.3) is 5.91 Å². The van der Waals surface area contributed by atoms with E-state index >= 15 is 0 Å². The van der Waals surface area contributed by atoms with Crippen molar-refractivity contribution in [3.05, 3.63) is 71.4 Å². The summed E-state index contributed by atoms with van der Waals surface area (Å²) >= 11 is 0. The van der Waals surface area contributed by atoms with Crippen molar-refractivity contribution >= 4 is 17.2 Å². The van der Waals surface area contributed by atoms with Crippen molar-refractivity contribution in [2.75, 3.05) is 11.9 Å². The van der Waals surface area contributed by atoms with Crippen LogP contribution in [0, 0.1) is 5.82 Å². The average molecular weight is 404 g/mol. The second-order valence-corrected chi connectivity index (χ2v) is 6.88. The molecule has 4 aromatic rings. The molecule has 9 heteroatoms. The third-order valence-corrected chi connectivity index (χ3v) is 4.91. The van der Waals surface area contributed by atoms with E-state index in [0.717, 1.165) is 11.3 Å². The minimum Gasteiger partial charge on any atom is -0.487 e. The van der Waals surface area contributed by atoms with E-state index in [-0.39, 0.29) is 5.82 Å². The lowest BCUT2D eigenvalue weighted by Crippen LogP contribution is -2.12. The molecular formula is C21H17FN6O2. The van der Waals surface area contributed by atoms with Gasteiger partial charge < -0.3 is 15.8 Å². The number of halogens is 1. The van der Waals surface area contributed by atoms with E-state index < -0.39 is 5.91 Å². The molecule has 0 saturated heterocycles. The predicted molar refractivity (Wildman–Crippen MR) is 108 cm³/mol. The molecule has 1 amide bonds. The van der Waals surface area contributed by atoms with E-state index in [1.54, 1.807) is 35.0 Å². The van der Waals surface area contributed by atoms with E-state index in [0.29, 0.717) is 53.9 Å². The Bertz CT molecular complexity index is 1290. The number of nitrogens with zero attached hydrogens (tertiary/aromatic N) is 4. The molecule has 8 nitrogen and oxygen atoms in total. The number of hydrogen-bond acceptors (Lipinski definition) is 6. The molecule has 150 valence electrons. The van der Waals surface area contributed by atoms with Crippen LogP contribution in [0.1, 0.15) is 21.6 Å². The highest BCUT2D eigenvalue weighted by molar-refractivity contribution is 5.99. The highest BCUT2D eigenvalue weighted by atomic mass is 19.1. The molecule has 0 atom stereocenters. The smallest absolute Gasteiger partial charge is 0.250 e. The monoisotopic (exact) mass is 404 g/mol. The predicted octanol–water partition coefficient (Wildman–Crippen LogP) is 2.58. The van der Waals surface area contributed by atoms with Gasteiger partial charge in [0.2, 0.25) is 0 Å². The number of pyridine rings is 1. The van der Waals surface area contributed by atoms with Gasteiger partial charge in [0, 0.05) is 19.2 Å². The van der Waals surface area contributed by atoms with Crippen LogP contribution in [0.5, 0.6) is 5.75 Å². The Morgan fingerprint density at radius 3 is 3.00 bits per heavy atom. The number of anilines is 1. The molecule has 5 rings (SSSR count). The average Bonchev–Trinajstić information content (AvgIpc) is 3.38. The van der Waals surface area contributed by atoms with Gasteiger partial charge in [0.15, 0.2) is 23.2 Å². The van der Waals surface area contributed by atoms with Gasteiger partial charge in [0.1, 0.15) is 5.82 Å². The Kier molecular flexibility index (Phi) is 4.27. The van der Waals surface area contributed by atoms with E-state index in [1.165, 1.54) is 12.1 Å². The molecule has 4 heterocycles. The normalized spacial score (nSPS) is 12.6. The molecule has 0 fully saturated rings. The highest BCUT2D eigenvalue weighted by Crippen LogP contribution is 2.33. The van der Waals surface area contributed by atoms with Gasteiger partial charge in [-0.05, 0) is 29.8 Å². The maximum atomic E-state index is 13.5. The van der Waals surface area contributed by atoms with Crippen LogP contribution in [0.2, 0.25) is 0 Å². The molecular weight excluding hydrogens is 387 g/mol. The summed E-state index contributed by atoms with van der Waals surface area (Å²) in [5.74, 6) is 1.15. The Balaban J connectivity index is 1.56. The fourth-order valence-electron chi connectivity index (χ4n) is 3.52. The molecule has 1 aromatic carbocycles. The lowest BCUT2D eigenvalue weighted by Gasteiger charge is -2.11. The number of carbonyl (C=O) groups is 1. The van der Waals surface area contributed by atoms with Crippen molar-refractivity contribution in [1.82, 2.24) is 19.4 Å². The topological polar surface area (TPSA) is 107 Å². The number of amides is 1. The summed E-state index contributed by atoms with van der Waals surface area (Å²) < 4.78 is 20.9. The van der Waals surface area contributed by atoms with Crippen molar-refractivity contribution in [2.24, 2.45) is 5.73 Å². The maximum Gasteiger partial charge on any atom is 0.250 e. The first-order chi connectivity index (χ1) is 14.6. The number of aromatic nitrogens is 4. The van der Waals surface area contributed by atoms with Gasteiger partial charge >= 0.3 is 0 Å². The molecule has 0 radical (unpaired) electrons. The van der Waals surface area contributed by atoms with Gasteiger partial charge in [-0.3, -0.25) is 9.20 Å². The first-order valence-electron chi connectivity index (χ1n) is 9.38. The summed E-state index contributed by atoms with van der Waals surface area (Å²) in [5.41, 5.74) is 7.96. The molecule has 0 bridgehead atoms. The second kappa shape index (κ2) is 7.11. The Morgan fingerprint density at radius 2 is 2.17 bits per heavy atom. The van der Waals surface area contributed by atoms with Gasteiger partial charge in [-0.2, -0.15) is 0 Å². The van der Waals surface area contributed by atoms with E-state index in [9.17, 15) is 9.18 Å². The van der Waals surface area contributed by atoms with Crippen LogP contribution in [0.4, 0.5) is 10.2 Å². The SMILES string of the molecule is NC(=O)c1cccn2c(-c3nc4c(c(NCc5cccc(F)c5)n3)OCC4)ncc12. The van der Waals surface area contributed by atoms with Crippen LogP contribution >= 0.6 is 0 Å². The molecule has 0 unspecified atom stereocenters. The van der Waals surface area contributed by atoms with E-state index in [1.807, 2.05) is 6.07 Å². The molecule has 1 aliphatic rings. The number of nitrogens with two attached hydrogens (primary N) is 1. The molecule has 0 spiro atoms. The highest BCUT2D eigenvalue weighted by Gasteiger charge is 2.23. The standard InChI is InChI=1S/C21H17FN6O2/c22-13-4-1-3-12(9-13)10-24-19-17-15(6-8-30-17)26-20(27-19)21-25-11-16-14(18(23)29)5-2-7-28(16)21/h1-5,7,9,11H,6,8,10H2,(H2,23,29)(H,24,26,27). The Morgan fingerprint density at radius 1 is 1.27 bits per heavy atom. The zero-order valence-electron chi connectivity index (χ0n) is 15.8. The number of nitrogens with one attached hydrogen (secondary N) is 1. The molecule has 0 saturated carbocycles. The zero-order chi connectivity index (χ0) is 20.7. The van der Waals surface area contributed by atoms with Crippen LogP contribution < -0.4 is 15.8 Å².